The van der Waals surface area contributed by atoms with Gasteiger partial charge in [0.25, 0.3) is 0 Å². The molecule has 1 amide bonds. The number of rotatable bonds is 13. The molecule has 1 saturated heterocycles. The van der Waals surface area contributed by atoms with Gasteiger partial charge < -0.3 is 35.1 Å². The molecule has 3 rings (SSSR count). The number of alkyl carbamates (subject to hydrolysis) is 1. The van der Waals surface area contributed by atoms with Gasteiger partial charge in [-0.05, 0) is 70.4 Å². The summed E-state index contributed by atoms with van der Waals surface area (Å²) in [5.41, 5.74) is 2.73. The van der Waals surface area contributed by atoms with E-state index in [0.29, 0.717) is 43.8 Å². The molecule has 0 saturated carbocycles. The quantitative estimate of drug-likeness (QED) is 0.232. The maximum atomic E-state index is 13.7. The number of unbranched alkanes of at least 4 members (excludes halogenated alkanes) is 1. The lowest BCUT2D eigenvalue weighted by molar-refractivity contribution is -0.148. The fourth-order valence-electron chi connectivity index (χ4n) is 4.90. The van der Waals surface area contributed by atoms with Crippen molar-refractivity contribution < 1.29 is 37.3 Å². The van der Waals surface area contributed by atoms with Crippen LogP contribution < -0.4 is 15.8 Å². The normalized spacial score (nSPS) is 18.2. The molecule has 0 aliphatic carbocycles. The van der Waals surface area contributed by atoms with Crippen molar-refractivity contribution in [2.75, 3.05) is 26.1 Å². The fraction of sp³-hybridized carbons (Fsp3) is 0.567. The number of aliphatic hydroxyl groups is 1. The van der Waals surface area contributed by atoms with Crippen molar-refractivity contribution in [3.63, 3.8) is 0 Å². The van der Waals surface area contributed by atoms with E-state index in [-0.39, 0.29) is 17.7 Å². The van der Waals surface area contributed by atoms with Crippen LogP contribution in [0.2, 0.25) is 0 Å². The Kier molecular flexibility index (Phi) is 10.5. The van der Waals surface area contributed by atoms with Crippen molar-refractivity contribution in [2.45, 2.75) is 87.3 Å². The second-order valence-electron chi connectivity index (χ2n) is 11.8. The number of carbonyl (C=O) groups excluding carboxylic acids is 1. The summed E-state index contributed by atoms with van der Waals surface area (Å²) in [6, 6.07) is 14.9. The fourth-order valence-corrected chi connectivity index (χ4v) is 6.65. The highest BCUT2D eigenvalue weighted by Crippen LogP contribution is 2.34. The first kappa shape index (κ1) is 32.8. The number of sulfone groups is 1. The zero-order valence-corrected chi connectivity index (χ0v) is 25.5. The standard InChI is InChI=1S/C30H44N2O8S/c1-27(2,3)40-26(33)32-30(31,21-23-11-7-6-8-12-23)29(34,18-10-9-17-28(4)38-19-20-39-28)22-41(35,36)25-15-13-24(37-5)14-16-25/h6-8,11-16,34H,9-10,17-22,31H2,1-5H3,(H,32,33). The Balaban J connectivity index is 1.98. The van der Waals surface area contributed by atoms with Gasteiger partial charge in [-0.2, -0.15) is 0 Å². The number of amides is 1. The number of nitrogens with two attached hydrogens (primary N) is 1. The number of carbonyl (C=O) groups is 1. The number of hydrogen-bond donors (Lipinski definition) is 3. The molecule has 0 aromatic heterocycles. The van der Waals surface area contributed by atoms with E-state index < -0.39 is 44.3 Å². The third kappa shape index (κ3) is 9.14. The van der Waals surface area contributed by atoms with Crippen LogP contribution in [-0.2, 0) is 30.5 Å². The largest absolute Gasteiger partial charge is 0.497 e. The van der Waals surface area contributed by atoms with E-state index in [2.05, 4.69) is 5.32 Å². The first-order valence-electron chi connectivity index (χ1n) is 13.8. The minimum Gasteiger partial charge on any atom is -0.497 e. The predicted octanol–water partition coefficient (Wildman–Crippen LogP) is 3.95. The van der Waals surface area contributed by atoms with Gasteiger partial charge in [0.15, 0.2) is 15.6 Å². The summed E-state index contributed by atoms with van der Waals surface area (Å²) in [6.07, 6.45) is 0.555. The number of ether oxygens (including phenoxy) is 4. The third-order valence-electron chi connectivity index (χ3n) is 7.10. The van der Waals surface area contributed by atoms with E-state index in [1.807, 2.05) is 13.0 Å². The first-order valence-corrected chi connectivity index (χ1v) is 15.5. The van der Waals surface area contributed by atoms with Crippen LogP contribution in [-0.4, -0.2) is 68.3 Å². The van der Waals surface area contributed by atoms with E-state index in [0.717, 1.165) is 0 Å². The molecule has 0 radical (unpaired) electrons. The van der Waals surface area contributed by atoms with Crippen LogP contribution in [0.4, 0.5) is 4.79 Å². The van der Waals surface area contributed by atoms with Crippen LogP contribution in [0.3, 0.4) is 0 Å². The summed E-state index contributed by atoms with van der Waals surface area (Å²) in [5, 5.41) is 15.0. The van der Waals surface area contributed by atoms with E-state index in [4.69, 9.17) is 24.7 Å². The minimum absolute atomic E-state index is 0.00341. The SMILES string of the molecule is COc1ccc(S(=O)(=O)CC(O)(CCCCC2(C)OCCO2)C(N)(Cc2ccccc2)NC(=O)OC(C)(C)C)cc1. The molecule has 1 heterocycles. The highest BCUT2D eigenvalue weighted by Gasteiger charge is 2.52. The van der Waals surface area contributed by atoms with Crippen LogP contribution >= 0.6 is 0 Å². The lowest BCUT2D eigenvalue weighted by Gasteiger charge is -2.45. The Morgan fingerprint density at radius 2 is 1.66 bits per heavy atom. The second kappa shape index (κ2) is 13.1. The van der Waals surface area contributed by atoms with Crippen molar-refractivity contribution in [1.82, 2.24) is 5.32 Å². The Labute approximate surface area is 243 Å². The van der Waals surface area contributed by atoms with Crippen LogP contribution in [0.15, 0.2) is 59.5 Å². The number of hydrogen-bond acceptors (Lipinski definition) is 9. The monoisotopic (exact) mass is 592 g/mol. The van der Waals surface area contributed by atoms with Crippen LogP contribution in [0.25, 0.3) is 0 Å². The molecular formula is C30H44N2O8S. The molecule has 4 N–H and O–H groups in total. The van der Waals surface area contributed by atoms with E-state index in [1.54, 1.807) is 45.0 Å². The van der Waals surface area contributed by atoms with Crippen LogP contribution in [0.1, 0.15) is 58.9 Å². The van der Waals surface area contributed by atoms with Gasteiger partial charge in [-0.15, -0.1) is 0 Å². The summed E-state index contributed by atoms with van der Waals surface area (Å²) >= 11 is 0. The van der Waals surface area contributed by atoms with Crippen LogP contribution in [0, 0.1) is 0 Å². The first-order chi connectivity index (χ1) is 19.1. The van der Waals surface area contributed by atoms with Gasteiger partial charge >= 0.3 is 6.09 Å². The average Bonchev–Trinajstić information content (AvgIpc) is 3.32. The number of methoxy groups -OCH3 is 1. The smallest absolute Gasteiger partial charge is 0.409 e. The molecule has 1 aliphatic heterocycles. The Hall–Kier alpha value is -2.70. The molecule has 228 valence electrons. The maximum absolute atomic E-state index is 13.7. The van der Waals surface area contributed by atoms with E-state index in [1.165, 1.54) is 31.4 Å². The molecule has 2 atom stereocenters. The summed E-state index contributed by atoms with van der Waals surface area (Å²) in [5.74, 6) is -0.977. The molecule has 41 heavy (non-hydrogen) atoms. The average molecular weight is 593 g/mol. The molecule has 2 aromatic rings. The zero-order chi connectivity index (χ0) is 30.4. The van der Waals surface area contributed by atoms with Gasteiger partial charge in [-0.25, -0.2) is 13.2 Å². The predicted molar refractivity (Wildman–Crippen MR) is 155 cm³/mol. The Morgan fingerprint density at radius 1 is 1.05 bits per heavy atom. The molecule has 11 heteroatoms. The molecule has 0 spiro atoms. The topological polar surface area (TPSA) is 146 Å². The maximum Gasteiger partial charge on any atom is 0.409 e. The van der Waals surface area contributed by atoms with Gasteiger partial charge in [-0.3, -0.25) is 0 Å². The Morgan fingerprint density at radius 3 is 2.22 bits per heavy atom. The summed E-state index contributed by atoms with van der Waals surface area (Å²) in [7, 11) is -2.60. The Bertz CT molecular complexity index is 1240. The lowest BCUT2D eigenvalue weighted by Crippen LogP contribution is -2.73. The van der Waals surface area contributed by atoms with Crippen molar-refractivity contribution in [2.24, 2.45) is 5.73 Å². The van der Waals surface area contributed by atoms with Crippen LogP contribution in [0.5, 0.6) is 5.75 Å². The number of benzene rings is 2. The van der Waals surface area contributed by atoms with Crippen molar-refractivity contribution in [3.8, 4) is 5.75 Å². The van der Waals surface area contributed by atoms with Gasteiger partial charge in [0.05, 0.1) is 31.0 Å². The minimum atomic E-state index is -4.08. The molecule has 1 aliphatic rings. The number of nitrogens with one attached hydrogen (secondary N) is 1. The second-order valence-corrected chi connectivity index (χ2v) is 13.8. The van der Waals surface area contributed by atoms with E-state index in [9.17, 15) is 18.3 Å². The summed E-state index contributed by atoms with van der Waals surface area (Å²) < 4.78 is 49.4. The van der Waals surface area contributed by atoms with E-state index >= 15 is 0 Å². The molecule has 1 fully saturated rings. The molecular weight excluding hydrogens is 548 g/mol. The zero-order valence-electron chi connectivity index (χ0n) is 24.6. The van der Waals surface area contributed by atoms with Gasteiger partial charge in [0.1, 0.15) is 22.6 Å². The van der Waals surface area contributed by atoms with Crippen molar-refractivity contribution in [1.29, 1.82) is 0 Å². The summed E-state index contributed by atoms with van der Waals surface area (Å²) in [4.78, 5) is 13.0. The van der Waals surface area contributed by atoms with Crippen molar-refractivity contribution >= 4 is 15.9 Å². The van der Waals surface area contributed by atoms with Gasteiger partial charge in [0, 0.05) is 12.8 Å². The lowest BCUT2D eigenvalue weighted by atomic mass is 9.80. The molecule has 0 bridgehead atoms. The molecule has 2 aromatic carbocycles. The molecule has 2 unspecified atom stereocenters. The third-order valence-corrected chi connectivity index (χ3v) is 8.94. The highest BCUT2D eigenvalue weighted by molar-refractivity contribution is 7.91. The van der Waals surface area contributed by atoms with Gasteiger partial charge in [-0.1, -0.05) is 36.8 Å². The van der Waals surface area contributed by atoms with Crippen molar-refractivity contribution in [3.05, 3.63) is 60.2 Å². The molecule has 10 nitrogen and oxygen atoms in total. The summed E-state index contributed by atoms with van der Waals surface area (Å²) in [6.45, 7) is 7.97. The highest BCUT2D eigenvalue weighted by atomic mass is 32.2. The van der Waals surface area contributed by atoms with Gasteiger partial charge in [0.2, 0.25) is 0 Å².